The lowest BCUT2D eigenvalue weighted by Gasteiger charge is -2.30. The highest BCUT2D eigenvalue weighted by molar-refractivity contribution is 6.35. The van der Waals surface area contributed by atoms with E-state index in [2.05, 4.69) is 0 Å². The van der Waals surface area contributed by atoms with E-state index in [1.54, 1.807) is 17.0 Å². The van der Waals surface area contributed by atoms with E-state index in [1.165, 1.54) is 7.11 Å². The monoisotopic (exact) mass is 361 g/mol. The van der Waals surface area contributed by atoms with Gasteiger partial charge < -0.3 is 14.4 Å². The Balaban J connectivity index is 1.60. The number of hydrogen-bond acceptors (Lipinski definition) is 4. The summed E-state index contributed by atoms with van der Waals surface area (Å²) in [5, 5.41) is 2.43. The third kappa shape index (κ3) is 3.87. The lowest BCUT2D eigenvalue weighted by Crippen LogP contribution is -2.42. The number of rotatable bonds is 4. The van der Waals surface area contributed by atoms with Gasteiger partial charge in [0.1, 0.15) is 5.75 Å². The summed E-state index contributed by atoms with van der Waals surface area (Å²) in [5.41, 5.74) is 0. The first-order valence-electron chi connectivity index (χ1n) is 8.26. The molecule has 6 heteroatoms. The fraction of sp³-hybridized carbons (Fsp3) is 0.368. The van der Waals surface area contributed by atoms with Crippen LogP contribution in [-0.4, -0.2) is 43.6 Å². The molecule has 1 amide bonds. The first kappa shape index (κ1) is 17.5. The largest absolute Gasteiger partial charge is 0.483 e. The predicted molar refractivity (Wildman–Crippen MR) is 95.8 cm³/mol. The van der Waals surface area contributed by atoms with Crippen LogP contribution in [0.15, 0.2) is 36.4 Å². The number of carbonyl (C=O) groups is 2. The van der Waals surface area contributed by atoms with Crippen LogP contribution in [0.4, 0.5) is 0 Å². The highest BCUT2D eigenvalue weighted by Crippen LogP contribution is 2.31. The number of ether oxygens (including phenoxy) is 2. The van der Waals surface area contributed by atoms with Gasteiger partial charge in [-0.1, -0.05) is 35.9 Å². The van der Waals surface area contributed by atoms with E-state index in [-0.39, 0.29) is 24.4 Å². The number of methoxy groups -OCH3 is 1. The molecule has 0 saturated carbocycles. The van der Waals surface area contributed by atoms with Gasteiger partial charge in [-0.15, -0.1) is 0 Å². The molecular formula is C19H20ClNO4. The van der Waals surface area contributed by atoms with Crippen LogP contribution >= 0.6 is 11.6 Å². The number of nitrogens with zero attached hydrogens (tertiary/aromatic N) is 1. The van der Waals surface area contributed by atoms with Crippen LogP contribution in [0.1, 0.15) is 12.8 Å². The number of carbonyl (C=O) groups excluding carboxylic acids is 2. The van der Waals surface area contributed by atoms with Gasteiger partial charge in [0, 0.05) is 28.9 Å². The van der Waals surface area contributed by atoms with Crippen LogP contribution < -0.4 is 4.74 Å². The topological polar surface area (TPSA) is 55.8 Å². The summed E-state index contributed by atoms with van der Waals surface area (Å²) in [6, 6.07) is 11.2. The lowest BCUT2D eigenvalue weighted by molar-refractivity contribution is -0.149. The quantitative estimate of drug-likeness (QED) is 0.784. The van der Waals surface area contributed by atoms with E-state index >= 15 is 0 Å². The molecule has 0 bridgehead atoms. The van der Waals surface area contributed by atoms with E-state index in [0.29, 0.717) is 36.7 Å². The van der Waals surface area contributed by atoms with Gasteiger partial charge in [0.2, 0.25) is 0 Å². The number of amides is 1. The molecule has 0 aliphatic carbocycles. The first-order valence-corrected chi connectivity index (χ1v) is 8.63. The minimum absolute atomic E-state index is 0.0332. The molecule has 0 unspecified atom stereocenters. The van der Waals surface area contributed by atoms with E-state index in [0.717, 1.165) is 10.8 Å². The molecule has 0 spiro atoms. The molecule has 1 aliphatic heterocycles. The van der Waals surface area contributed by atoms with Crippen molar-refractivity contribution in [1.29, 1.82) is 0 Å². The fourth-order valence-electron chi connectivity index (χ4n) is 3.12. The maximum absolute atomic E-state index is 12.4. The van der Waals surface area contributed by atoms with Crippen LogP contribution in [0.5, 0.6) is 5.75 Å². The second-order valence-electron chi connectivity index (χ2n) is 6.06. The summed E-state index contributed by atoms with van der Waals surface area (Å²) in [5.74, 6) is 0.242. The predicted octanol–water partition coefficient (Wildman–Crippen LogP) is 3.28. The summed E-state index contributed by atoms with van der Waals surface area (Å²) in [6.45, 7) is 1.06. The summed E-state index contributed by atoms with van der Waals surface area (Å²) < 4.78 is 10.5. The molecule has 2 aromatic rings. The van der Waals surface area contributed by atoms with Crippen molar-refractivity contribution in [1.82, 2.24) is 4.90 Å². The molecule has 2 aromatic carbocycles. The molecular weight excluding hydrogens is 342 g/mol. The minimum atomic E-state index is -0.198. The zero-order valence-corrected chi connectivity index (χ0v) is 14.8. The van der Waals surface area contributed by atoms with Gasteiger partial charge in [0.05, 0.1) is 13.0 Å². The Morgan fingerprint density at radius 2 is 1.80 bits per heavy atom. The van der Waals surface area contributed by atoms with Crippen molar-refractivity contribution < 1.29 is 19.1 Å². The summed E-state index contributed by atoms with van der Waals surface area (Å²) >= 11 is 6.20. The maximum Gasteiger partial charge on any atom is 0.308 e. The highest BCUT2D eigenvalue weighted by Gasteiger charge is 2.28. The van der Waals surface area contributed by atoms with Crippen LogP contribution in [0.2, 0.25) is 5.02 Å². The molecule has 0 atom stereocenters. The second-order valence-corrected chi connectivity index (χ2v) is 6.47. The first-order chi connectivity index (χ1) is 12.1. The van der Waals surface area contributed by atoms with Crippen LogP contribution in [0, 0.1) is 5.92 Å². The molecule has 0 aromatic heterocycles. The maximum atomic E-state index is 12.4. The Morgan fingerprint density at radius 3 is 2.48 bits per heavy atom. The molecule has 5 nitrogen and oxygen atoms in total. The number of halogens is 1. The van der Waals surface area contributed by atoms with Crippen molar-refractivity contribution in [3.05, 3.63) is 41.4 Å². The number of fused-ring (bicyclic) bond motifs is 1. The van der Waals surface area contributed by atoms with Gasteiger partial charge in [-0.3, -0.25) is 9.59 Å². The molecule has 1 fully saturated rings. The third-order valence-electron chi connectivity index (χ3n) is 4.56. The SMILES string of the molecule is COC(=O)C1CCN(C(=O)COc2ccc(Cl)c3ccccc23)CC1. The summed E-state index contributed by atoms with van der Waals surface area (Å²) in [6.07, 6.45) is 1.25. The minimum Gasteiger partial charge on any atom is -0.483 e. The van der Waals surface area contributed by atoms with Crippen molar-refractivity contribution in [3.8, 4) is 5.75 Å². The smallest absolute Gasteiger partial charge is 0.308 e. The number of benzene rings is 2. The second kappa shape index (κ2) is 7.74. The third-order valence-corrected chi connectivity index (χ3v) is 4.89. The van der Waals surface area contributed by atoms with Gasteiger partial charge in [-0.25, -0.2) is 0 Å². The molecule has 132 valence electrons. The molecule has 3 rings (SSSR count). The van der Waals surface area contributed by atoms with Gasteiger partial charge in [-0.2, -0.15) is 0 Å². The van der Waals surface area contributed by atoms with Gasteiger partial charge >= 0.3 is 5.97 Å². The molecule has 25 heavy (non-hydrogen) atoms. The van der Waals surface area contributed by atoms with Gasteiger partial charge in [-0.05, 0) is 25.0 Å². The highest BCUT2D eigenvalue weighted by atomic mass is 35.5. The Kier molecular flexibility index (Phi) is 5.43. The zero-order chi connectivity index (χ0) is 17.8. The van der Waals surface area contributed by atoms with Gasteiger partial charge in [0.15, 0.2) is 6.61 Å². The average molecular weight is 362 g/mol. The summed E-state index contributed by atoms with van der Waals surface area (Å²) in [4.78, 5) is 25.7. The van der Waals surface area contributed by atoms with E-state index in [1.807, 2.05) is 24.3 Å². The van der Waals surface area contributed by atoms with Crippen molar-refractivity contribution in [3.63, 3.8) is 0 Å². The lowest BCUT2D eigenvalue weighted by atomic mass is 9.97. The van der Waals surface area contributed by atoms with Crippen LogP contribution in [0.25, 0.3) is 10.8 Å². The number of hydrogen-bond donors (Lipinski definition) is 0. The van der Waals surface area contributed by atoms with Crippen molar-refractivity contribution in [2.45, 2.75) is 12.8 Å². The normalized spacial score (nSPS) is 15.2. The molecule has 0 N–H and O–H groups in total. The van der Waals surface area contributed by atoms with Gasteiger partial charge in [0.25, 0.3) is 5.91 Å². The van der Waals surface area contributed by atoms with Crippen molar-refractivity contribution >= 4 is 34.2 Å². The Bertz CT molecular complexity index is 784. The van der Waals surface area contributed by atoms with E-state index in [4.69, 9.17) is 21.1 Å². The Morgan fingerprint density at radius 1 is 1.12 bits per heavy atom. The molecule has 1 heterocycles. The van der Waals surface area contributed by atoms with Crippen molar-refractivity contribution in [2.24, 2.45) is 5.92 Å². The number of piperidine rings is 1. The standard InChI is InChI=1S/C19H20ClNO4/c1-24-19(23)13-8-10-21(11-9-13)18(22)12-25-17-7-6-16(20)14-4-2-3-5-15(14)17/h2-7,13H,8-12H2,1H3. The van der Waals surface area contributed by atoms with Crippen molar-refractivity contribution in [2.75, 3.05) is 26.8 Å². The van der Waals surface area contributed by atoms with Crippen LogP contribution in [0.3, 0.4) is 0 Å². The van der Waals surface area contributed by atoms with E-state index < -0.39 is 0 Å². The van der Waals surface area contributed by atoms with E-state index in [9.17, 15) is 9.59 Å². The number of likely N-dealkylation sites (tertiary alicyclic amines) is 1. The Hall–Kier alpha value is -2.27. The molecule has 1 saturated heterocycles. The average Bonchev–Trinajstić information content (AvgIpc) is 2.67. The van der Waals surface area contributed by atoms with Crippen LogP contribution in [-0.2, 0) is 14.3 Å². The fourth-order valence-corrected chi connectivity index (χ4v) is 3.35. The Labute approximate surface area is 151 Å². The summed E-state index contributed by atoms with van der Waals surface area (Å²) in [7, 11) is 1.39. The number of esters is 1. The zero-order valence-electron chi connectivity index (χ0n) is 14.0. The molecule has 1 aliphatic rings. The molecule has 0 radical (unpaired) electrons.